The number of hydrogen-bond acceptors (Lipinski definition) is 2. The second-order valence-electron chi connectivity index (χ2n) is 9.85. The molecule has 1 unspecified atom stereocenters. The van der Waals surface area contributed by atoms with Crippen LogP contribution < -0.4 is 0 Å². The topological polar surface area (TPSA) is 6.48 Å². The molecule has 0 amide bonds. The van der Waals surface area contributed by atoms with Crippen LogP contribution in [0.25, 0.3) is 0 Å². The van der Waals surface area contributed by atoms with E-state index in [-0.39, 0.29) is 5.54 Å². The lowest BCUT2D eigenvalue weighted by Crippen LogP contribution is -2.47. The third-order valence-corrected chi connectivity index (χ3v) is 6.52. The van der Waals surface area contributed by atoms with Crippen molar-refractivity contribution in [1.82, 2.24) is 9.80 Å². The second-order valence-corrected chi connectivity index (χ2v) is 9.85. The molecule has 0 saturated heterocycles. The zero-order valence-corrected chi connectivity index (χ0v) is 18.8. The quantitative estimate of drug-likeness (QED) is 0.535. The highest BCUT2D eigenvalue weighted by Crippen LogP contribution is 2.37. The van der Waals surface area contributed by atoms with Crippen LogP contribution in [-0.2, 0) is 0 Å². The Kier molecular flexibility index (Phi) is 7.42. The van der Waals surface area contributed by atoms with E-state index >= 15 is 0 Å². The van der Waals surface area contributed by atoms with Crippen molar-refractivity contribution < 1.29 is 0 Å². The van der Waals surface area contributed by atoms with Gasteiger partial charge in [0.25, 0.3) is 0 Å². The fourth-order valence-electron chi connectivity index (χ4n) is 4.90. The van der Waals surface area contributed by atoms with Crippen molar-refractivity contribution in [3.63, 3.8) is 0 Å². The molecule has 2 heteroatoms. The van der Waals surface area contributed by atoms with Crippen LogP contribution in [0, 0.1) is 11.8 Å². The SMILES string of the molecule is CC(C)C1=CCCCCN1C(C)(C)C1=CC(C(C)C)N(C(C)C)CCC1. The van der Waals surface area contributed by atoms with Crippen molar-refractivity contribution >= 4 is 0 Å². The van der Waals surface area contributed by atoms with E-state index in [1.165, 1.54) is 45.2 Å². The van der Waals surface area contributed by atoms with Gasteiger partial charge in [0.15, 0.2) is 0 Å². The summed E-state index contributed by atoms with van der Waals surface area (Å²) >= 11 is 0. The second kappa shape index (κ2) is 8.95. The molecule has 2 rings (SSSR count). The van der Waals surface area contributed by atoms with Crippen molar-refractivity contribution in [2.45, 2.75) is 105 Å². The average Bonchev–Trinajstić information content (AvgIpc) is 2.93. The molecular formula is C24H44N2. The van der Waals surface area contributed by atoms with E-state index in [0.717, 1.165) is 0 Å². The Bertz CT molecular complexity index is 510. The third-order valence-electron chi connectivity index (χ3n) is 6.52. The lowest BCUT2D eigenvalue weighted by atomic mass is 9.85. The van der Waals surface area contributed by atoms with Crippen LogP contribution in [0.15, 0.2) is 23.4 Å². The molecule has 150 valence electrons. The molecule has 0 aromatic carbocycles. The minimum absolute atomic E-state index is 0.112. The van der Waals surface area contributed by atoms with E-state index in [9.17, 15) is 0 Å². The molecule has 2 nitrogen and oxygen atoms in total. The number of rotatable bonds is 5. The van der Waals surface area contributed by atoms with Crippen LogP contribution >= 0.6 is 0 Å². The zero-order chi connectivity index (χ0) is 19.5. The predicted molar refractivity (Wildman–Crippen MR) is 115 cm³/mol. The molecule has 0 aromatic heterocycles. The minimum atomic E-state index is 0.112. The van der Waals surface area contributed by atoms with Gasteiger partial charge in [-0.25, -0.2) is 0 Å². The molecule has 1 atom stereocenters. The molecule has 0 radical (unpaired) electrons. The van der Waals surface area contributed by atoms with Gasteiger partial charge in [0.05, 0.1) is 5.54 Å². The zero-order valence-electron chi connectivity index (χ0n) is 18.8. The Labute approximate surface area is 163 Å². The molecule has 0 fully saturated rings. The van der Waals surface area contributed by atoms with Gasteiger partial charge in [0, 0.05) is 24.3 Å². The van der Waals surface area contributed by atoms with Crippen LogP contribution in [0.3, 0.4) is 0 Å². The van der Waals surface area contributed by atoms with Crippen LogP contribution in [0.4, 0.5) is 0 Å². The van der Waals surface area contributed by atoms with E-state index in [1.807, 2.05) is 0 Å². The summed E-state index contributed by atoms with van der Waals surface area (Å²) in [4.78, 5) is 5.47. The summed E-state index contributed by atoms with van der Waals surface area (Å²) in [6.07, 6.45) is 11.6. The molecule has 0 aromatic rings. The molecule has 2 aliphatic rings. The third kappa shape index (κ3) is 4.74. The molecule has 0 aliphatic carbocycles. The molecule has 26 heavy (non-hydrogen) atoms. The Balaban J connectivity index is 2.40. The molecule has 2 heterocycles. The first kappa shape index (κ1) is 21.5. The summed E-state index contributed by atoms with van der Waals surface area (Å²) in [7, 11) is 0. The summed E-state index contributed by atoms with van der Waals surface area (Å²) < 4.78 is 0. The number of hydrogen-bond donors (Lipinski definition) is 0. The fraction of sp³-hybridized carbons (Fsp3) is 0.833. The largest absolute Gasteiger partial charge is 0.366 e. The van der Waals surface area contributed by atoms with Crippen molar-refractivity contribution in [1.29, 1.82) is 0 Å². The summed E-state index contributed by atoms with van der Waals surface area (Å²) in [5.74, 6) is 1.26. The standard InChI is InChI=1S/C24H44N2/c1-18(2)22-14-10-9-11-16-26(22)24(7,8)21-13-12-15-25(20(5)6)23(17-21)19(3)4/h14,17-20,23H,9-13,15-16H2,1-8H3. The van der Waals surface area contributed by atoms with Gasteiger partial charge in [-0.2, -0.15) is 0 Å². The van der Waals surface area contributed by atoms with Crippen molar-refractivity contribution in [3.8, 4) is 0 Å². The maximum atomic E-state index is 2.75. The van der Waals surface area contributed by atoms with Crippen molar-refractivity contribution in [2.24, 2.45) is 11.8 Å². The maximum absolute atomic E-state index is 2.75. The maximum Gasteiger partial charge on any atom is 0.0555 e. The summed E-state index contributed by atoms with van der Waals surface area (Å²) in [6.45, 7) is 21.6. The summed E-state index contributed by atoms with van der Waals surface area (Å²) in [6, 6.07) is 1.18. The van der Waals surface area contributed by atoms with Crippen LogP contribution in [0.2, 0.25) is 0 Å². The van der Waals surface area contributed by atoms with Crippen LogP contribution in [-0.4, -0.2) is 40.5 Å². The Hall–Kier alpha value is -0.760. The highest BCUT2D eigenvalue weighted by molar-refractivity contribution is 5.26. The van der Waals surface area contributed by atoms with Gasteiger partial charge in [-0.15, -0.1) is 0 Å². The number of nitrogens with zero attached hydrogens (tertiary/aromatic N) is 2. The van der Waals surface area contributed by atoms with Crippen molar-refractivity contribution in [3.05, 3.63) is 23.4 Å². The highest BCUT2D eigenvalue weighted by Gasteiger charge is 2.36. The predicted octanol–water partition coefficient (Wildman–Crippen LogP) is 6.25. The van der Waals surface area contributed by atoms with Gasteiger partial charge in [-0.05, 0) is 83.8 Å². The van der Waals surface area contributed by atoms with Gasteiger partial charge in [-0.1, -0.05) is 39.8 Å². The molecule has 0 N–H and O–H groups in total. The molecular weight excluding hydrogens is 316 g/mol. The van der Waals surface area contributed by atoms with E-state index in [0.29, 0.717) is 23.9 Å². The normalized spacial score (nSPS) is 24.0. The smallest absolute Gasteiger partial charge is 0.0555 e. The number of allylic oxidation sites excluding steroid dienone is 2. The van der Waals surface area contributed by atoms with E-state index in [2.05, 4.69) is 77.3 Å². The first-order chi connectivity index (χ1) is 12.2. The average molecular weight is 361 g/mol. The molecule has 0 spiro atoms. The van der Waals surface area contributed by atoms with Gasteiger partial charge in [0.2, 0.25) is 0 Å². The summed E-state index contributed by atoms with van der Waals surface area (Å²) in [5, 5.41) is 0. The van der Waals surface area contributed by atoms with Gasteiger partial charge >= 0.3 is 0 Å². The van der Waals surface area contributed by atoms with Crippen LogP contribution in [0.1, 0.15) is 87.5 Å². The van der Waals surface area contributed by atoms with Gasteiger partial charge in [-0.3, -0.25) is 4.90 Å². The van der Waals surface area contributed by atoms with E-state index < -0.39 is 0 Å². The summed E-state index contributed by atoms with van der Waals surface area (Å²) in [5.41, 5.74) is 3.34. The molecule has 2 aliphatic heterocycles. The Morgan fingerprint density at radius 3 is 2.23 bits per heavy atom. The lowest BCUT2D eigenvalue weighted by molar-refractivity contribution is 0.151. The van der Waals surface area contributed by atoms with Gasteiger partial charge < -0.3 is 4.90 Å². The first-order valence-corrected chi connectivity index (χ1v) is 11.1. The fourth-order valence-corrected chi connectivity index (χ4v) is 4.90. The van der Waals surface area contributed by atoms with E-state index in [4.69, 9.17) is 0 Å². The lowest BCUT2D eigenvalue weighted by Gasteiger charge is -2.45. The van der Waals surface area contributed by atoms with Gasteiger partial charge in [0.1, 0.15) is 0 Å². The molecule has 0 bridgehead atoms. The first-order valence-electron chi connectivity index (χ1n) is 11.1. The Morgan fingerprint density at radius 1 is 0.962 bits per heavy atom. The highest BCUT2D eigenvalue weighted by atomic mass is 15.2. The van der Waals surface area contributed by atoms with E-state index in [1.54, 1.807) is 11.3 Å². The minimum Gasteiger partial charge on any atom is -0.366 e. The van der Waals surface area contributed by atoms with Crippen LogP contribution in [0.5, 0.6) is 0 Å². The molecule has 0 saturated carbocycles. The monoisotopic (exact) mass is 360 g/mol. The van der Waals surface area contributed by atoms with Crippen molar-refractivity contribution in [2.75, 3.05) is 13.1 Å². The Morgan fingerprint density at radius 2 is 1.65 bits per heavy atom.